The number of para-hydroxylation sites is 1. The number of carbonyl (C=O) groups is 2. The van der Waals surface area contributed by atoms with Gasteiger partial charge in [-0.1, -0.05) is 60.1 Å². The van der Waals surface area contributed by atoms with Gasteiger partial charge in [-0.15, -0.1) is 0 Å². The number of hydrogen-bond donors (Lipinski definition) is 1. The van der Waals surface area contributed by atoms with E-state index in [4.69, 9.17) is 16.6 Å². The first kappa shape index (κ1) is 25.6. The van der Waals surface area contributed by atoms with Crippen LogP contribution in [-0.2, 0) is 11.3 Å². The lowest BCUT2D eigenvalue weighted by Crippen LogP contribution is -2.28. The molecule has 1 aliphatic heterocycles. The molecular formula is C30H24ClN3O3S. The summed E-state index contributed by atoms with van der Waals surface area (Å²) in [6.45, 7) is 4.30. The molecule has 1 aliphatic rings. The zero-order chi connectivity index (χ0) is 26.8. The topological polar surface area (TPSA) is 74.9 Å². The maximum atomic E-state index is 13.6. The largest absolute Gasteiger partial charge is 0.478 e. The van der Waals surface area contributed by atoms with Crippen molar-refractivity contribution in [1.29, 1.82) is 0 Å². The predicted molar refractivity (Wildman–Crippen MR) is 153 cm³/mol. The average molecular weight is 542 g/mol. The summed E-state index contributed by atoms with van der Waals surface area (Å²) >= 11 is 7.43. The second-order valence-electron chi connectivity index (χ2n) is 8.85. The highest BCUT2D eigenvalue weighted by molar-refractivity contribution is 8.18. The lowest BCUT2D eigenvalue weighted by atomic mass is 10.2. The van der Waals surface area contributed by atoms with Gasteiger partial charge in [0.15, 0.2) is 5.17 Å². The Morgan fingerprint density at radius 1 is 1.00 bits per heavy atom. The van der Waals surface area contributed by atoms with E-state index in [1.54, 1.807) is 23.1 Å². The fourth-order valence-corrected chi connectivity index (χ4v) is 5.59. The smallest absolute Gasteiger partial charge is 0.337 e. The number of aliphatic imine (C=N–C) groups is 1. The number of aryl methyl sites for hydroxylation is 1. The van der Waals surface area contributed by atoms with E-state index >= 15 is 0 Å². The van der Waals surface area contributed by atoms with Crippen LogP contribution in [0.15, 0.2) is 94.8 Å². The highest BCUT2D eigenvalue weighted by Gasteiger charge is 2.34. The lowest BCUT2D eigenvalue weighted by molar-refractivity contribution is -0.122. The van der Waals surface area contributed by atoms with Crippen molar-refractivity contribution in [2.24, 2.45) is 4.99 Å². The van der Waals surface area contributed by atoms with E-state index in [0.29, 0.717) is 22.3 Å². The van der Waals surface area contributed by atoms with Gasteiger partial charge in [0.05, 0.1) is 27.7 Å². The second kappa shape index (κ2) is 10.7. The minimum absolute atomic E-state index is 0.0383. The summed E-state index contributed by atoms with van der Waals surface area (Å²) < 4.78 is 1.96. The number of hydrogen-bond acceptors (Lipinski definition) is 4. The number of nitrogens with zero attached hydrogens (tertiary/aromatic N) is 3. The molecule has 2 heterocycles. The summed E-state index contributed by atoms with van der Waals surface area (Å²) in [5.74, 6) is -1.20. The Hall–Kier alpha value is -4.07. The third-order valence-electron chi connectivity index (χ3n) is 6.25. The Balaban J connectivity index is 1.53. The first-order valence-corrected chi connectivity index (χ1v) is 13.1. The average Bonchev–Trinajstić information content (AvgIpc) is 3.35. The normalized spacial score (nSPS) is 15.6. The van der Waals surface area contributed by atoms with Crippen molar-refractivity contribution in [3.8, 4) is 5.69 Å². The molecule has 8 heteroatoms. The number of aromatic nitrogens is 1. The van der Waals surface area contributed by atoms with Gasteiger partial charge < -0.3 is 9.67 Å². The van der Waals surface area contributed by atoms with Gasteiger partial charge in [-0.05, 0) is 79.2 Å². The maximum Gasteiger partial charge on any atom is 0.337 e. The molecule has 4 aromatic rings. The molecule has 0 spiro atoms. The standard InChI is InChI=1S/C30H24ClN3O3S/c1-19-15-22(20(2)34(19)24-13-14-26(31)25(17-24)29(36)37)16-27-28(35)33(18-21-9-5-3-6-10-21)30(38-27)32-23-11-7-4-8-12-23/h3-17H,18H2,1-2H3,(H,36,37)/b27-16-,32-30?. The quantitative estimate of drug-likeness (QED) is 0.261. The molecule has 1 fully saturated rings. The molecule has 190 valence electrons. The van der Waals surface area contributed by atoms with E-state index in [0.717, 1.165) is 28.2 Å². The Labute approximate surface area is 229 Å². The van der Waals surface area contributed by atoms with Crippen LogP contribution in [0.5, 0.6) is 0 Å². The van der Waals surface area contributed by atoms with Gasteiger partial charge >= 0.3 is 5.97 Å². The third kappa shape index (κ3) is 5.16. The molecule has 1 N–H and O–H groups in total. The third-order valence-corrected chi connectivity index (χ3v) is 7.58. The number of thioether (sulfide) groups is 1. The lowest BCUT2D eigenvalue weighted by Gasteiger charge is -2.15. The van der Waals surface area contributed by atoms with E-state index in [1.807, 2.05) is 91.2 Å². The highest BCUT2D eigenvalue weighted by Crippen LogP contribution is 2.36. The summed E-state index contributed by atoms with van der Waals surface area (Å²) in [5.41, 5.74) is 5.17. The molecule has 0 radical (unpaired) electrons. The predicted octanol–water partition coefficient (Wildman–Crippen LogP) is 7.25. The minimum atomic E-state index is -1.08. The highest BCUT2D eigenvalue weighted by atomic mass is 35.5. The van der Waals surface area contributed by atoms with E-state index in [2.05, 4.69) is 0 Å². The number of halogens is 1. The molecule has 3 aromatic carbocycles. The number of carboxylic acids is 1. The molecule has 38 heavy (non-hydrogen) atoms. The number of amidine groups is 1. The number of carbonyl (C=O) groups excluding carboxylic acids is 1. The van der Waals surface area contributed by atoms with Crippen LogP contribution in [0.2, 0.25) is 5.02 Å². The van der Waals surface area contributed by atoms with Gasteiger partial charge in [0.1, 0.15) is 0 Å². The molecule has 0 unspecified atom stereocenters. The van der Waals surface area contributed by atoms with Crippen LogP contribution < -0.4 is 0 Å². The van der Waals surface area contributed by atoms with E-state index in [1.165, 1.54) is 11.8 Å². The molecule has 0 saturated carbocycles. The fourth-order valence-electron chi connectivity index (χ4n) is 4.40. The number of carboxylic acid groups (broad SMARTS) is 1. The SMILES string of the molecule is Cc1cc(/C=C2\SC(=Nc3ccccc3)N(Cc3ccccc3)C2=O)c(C)n1-c1ccc(Cl)c(C(=O)O)c1. The second-order valence-corrected chi connectivity index (χ2v) is 10.3. The van der Waals surface area contributed by atoms with Crippen LogP contribution in [0.1, 0.15) is 32.9 Å². The van der Waals surface area contributed by atoms with Crippen molar-refractivity contribution in [2.75, 3.05) is 0 Å². The maximum absolute atomic E-state index is 13.6. The number of rotatable bonds is 6. The van der Waals surface area contributed by atoms with E-state index in [-0.39, 0.29) is 16.5 Å². The molecule has 0 aliphatic carbocycles. The monoisotopic (exact) mass is 541 g/mol. The van der Waals surface area contributed by atoms with Crippen molar-refractivity contribution in [3.63, 3.8) is 0 Å². The van der Waals surface area contributed by atoms with Gasteiger partial charge in [-0.3, -0.25) is 9.69 Å². The van der Waals surface area contributed by atoms with Crippen molar-refractivity contribution >= 4 is 52.2 Å². The van der Waals surface area contributed by atoms with Gasteiger partial charge in [-0.25, -0.2) is 9.79 Å². The number of aromatic carboxylic acids is 1. The molecule has 6 nitrogen and oxygen atoms in total. The van der Waals surface area contributed by atoms with Crippen molar-refractivity contribution < 1.29 is 14.7 Å². The molecule has 0 bridgehead atoms. The first-order valence-electron chi connectivity index (χ1n) is 11.9. The molecule has 1 amide bonds. The number of benzene rings is 3. The zero-order valence-electron chi connectivity index (χ0n) is 20.8. The van der Waals surface area contributed by atoms with Gasteiger partial charge in [0.2, 0.25) is 0 Å². The van der Waals surface area contributed by atoms with Crippen molar-refractivity contribution in [3.05, 3.63) is 123 Å². The summed E-state index contributed by atoms with van der Waals surface area (Å²) in [6, 6.07) is 26.3. The van der Waals surface area contributed by atoms with Crippen LogP contribution in [0.4, 0.5) is 5.69 Å². The Morgan fingerprint density at radius 3 is 2.37 bits per heavy atom. The van der Waals surface area contributed by atoms with E-state index < -0.39 is 5.97 Å². The zero-order valence-corrected chi connectivity index (χ0v) is 22.3. The Bertz CT molecular complexity index is 1590. The Morgan fingerprint density at radius 2 is 1.68 bits per heavy atom. The first-order chi connectivity index (χ1) is 18.3. The molecule has 1 aromatic heterocycles. The van der Waals surface area contributed by atoms with Crippen molar-refractivity contribution in [1.82, 2.24) is 9.47 Å². The van der Waals surface area contributed by atoms with Crippen LogP contribution in [0.3, 0.4) is 0 Å². The van der Waals surface area contributed by atoms with Gasteiger partial charge in [-0.2, -0.15) is 0 Å². The summed E-state index contributed by atoms with van der Waals surface area (Å²) in [7, 11) is 0. The fraction of sp³-hybridized carbons (Fsp3) is 0.100. The number of amides is 1. The Kier molecular flexibility index (Phi) is 7.22. The summed E-state index contributed by atoms with van der Waals surface area (Å²) in [5, 5.41) is 10.3. The molecule has 0 atom stereocenters. The van der Waals surface area contributed by atoms with Crippen LogP contribution in [0, 0.1) is 13.8 Å². The van der Waals surface area contributed by atoms with Gasteiger partial charge in [0.25, 0.3) is 5.91 Å². The van der Waals surface area contributed by atoms with Crippen LogP contribution >= 0.6 is 23.4 Å². The van der Waals surface area contributed by atoms with Gasteiger partial charge in [0, 0.05) is 17.1 Å². The molecule has 1 saturated heterocycles. The minimum Gasteiger partial charge on any atom is -0.478 e. The van der Waals surface area contributed by atoms with E-state index in [9.17, 15) is 14.7 Å². The van der Waals surface area contributed by atoms with Crippen molar-refractivity contribution in [2.45, 2.75) is 20.4 Å². The molecular weight excluding hydrogens is 518 g/mol. The van der Waals surface area contributed by atoms with Crippen LogP contribution in [0.25, 0.3) is 11.8 Å². The summed E-state index contributed by atoms with van der Waals surface area (Å²) in [4.78, 5) is 32.3. The van der Waals surface area contributed by atoms with Crippen LogP contribution in [-0.4, -0.2) is 31.6 Å². The summed E-state index contributed by atoms with van der Waals surface area (Å²) in [6.07, 6.45) is 1.88. The molecule has 5 rings (SSSR count).